The first-order chi connectivity index (χ1) is 8.98. The number of benzene rings is 1. The number of hydrogen-bond acceptors (Lipinski definition) is 3. The number of carbonyl (C=O) groups is 1. The molecule has 0 radical (unpaired) electrons. The molecule has 0 bridgehead atoms. The average Bonchev–Trinajstić information content (AvgIpc) is 2.43. The molecule has 0 aliphatic rings. The number of aliphatic hydroxyl groups excluding tert-OH is 1. The first-order valence-corrected chi connectivity index (χ1v) is 7.11. The summed E-state index contributed by atoms with van der Waals surface area (Å²) in [6.45, 7) is 6.55. The summed E-state index contributed by atoms with van der Waals surface area (Å²) in [7, 11) is 0. The van der Waals surface area contributed by atoms with Crippen LogP contribution < -0.4 is 5.32 Å². The Labute approximate surface area is 120 Å². The Morgan fingerprint density at radius 3 is 2.53 bits per heavy atom. The van der Waals surface area contributed by atoms with Crippen LogP contribution in [0.5, 0.6) is 0 Å². The zero-order valence-electron chi connectivity index (χ0n) is 11.9. The van der Waals surface area contributed by atoms with E-state index in [-0.39, 0.29) is 17.9 Å². The number of thiol groups is 1. The molecule has 0 spiro atoms. The molecule has 2 N–H and O–H groups in total. The van der Waals surface area contributed by atoms with Crippen molar-refractivity contribution in [3.63, 3.8) is 0 Å². The van der Waals surface area contributed by atoms with E-state index >= 15 is 0 Å². The second kappa shape index (κ2) is 6.96. The normalized spacial score (nSPS) is 11.4. The van der Waals surface area contributed by atoms with Gasteiger partial charge < -0.3 is 10.4 Å². The fourth-order valence-corrected chi connectivity index (χ4v) is 2.20. The molecule has 0 fully saturated rings. The van der Waals surface area contributed by atoms with Gasteiger partial charge in [0.1, 0.15) is 0 Å². The zero-order valence-corrected chi connectivity index (χ0v) is 12.8. The van der Waals surface area contributed by atoms with Gasteiger partial charge in [-0.2, -0.15) is 0 Å². The minimum atomic E-state index is -0.220. The molecule has 0 saturated carbocycles. The molecule has 4 heteroatoms. The Bertz CT molecular complexity index is 434. The molecule has 0 unspecified atom stereocenters. The van der Waals surface area contributed by atoms with E-state index in [0.717, 1.165) is 23.3 Å². The molecule has 0 saturated heterocycles. The van der Waals surface area contributed by atoms with Crippen LogP contribution in [-0.4, -0.2) is 24.2 Å². The Kier molecular flexibility index (Phi) is 5.88. The zero-order chi connectivity index (χ0) is 14.5. The highest BCUT2D eigenvalue weighted by atomic mass is 32.1. The van der Waals surface area contributed by atoms with Gasteiger partial charge in [0, 0.05) is 22.4 Å². The van der Waals surface area contributed by atoms with Crippen molar-refractivity contribution in [3.8, 4) is 0 Å². The van der Waals surface area contributed by atoms with E-state index in [4.69, 9.17) is 0 Å². The van der Waals surface area contributed by atoms with Crippen LogP contribution in [-0.2, 0) is 0 Å². The third kappa shape index (κ3) is 3.98. The van der Waals surface area contributed by atoms with Crippen LogP contribution in [0.3, 0.4) is 0 Å². The van der Waals surface area contributed by atoms with E-state index in [2.05, 4.69) is 17.9 Å². The SMILES string of the molecule is CCC(CC)(CO)CNC(=O)c1cc(S)ccc1C. The first-order valence-electron chi connectivity index (χ1n) is 6.66. The molecular weight excluding hydrogens is 258 g/mol. The maximum Gasteiger partial charge on any atom is 0.251 e. The van der Waals surface area contributed by atoms with Crippen molar-refractivity contribution in [2.24, 2.45) is 5.41 Å². The lowest BCUT2D eigenvalue weighted by Crippen LogP contribution is -2.39. The minimum absolute atomic E-state index is 0.0892. The standard InChI is InChI=1S/C15H23NO2S/c1-4-15(5-2,10-17)9-16-14(18)13-8-12(19)7-6-11(13)3/h6-8,17,19H,4-5,9-10H2,1-3H3,(H,16,18). The quantitative estimate of drug-likeness (QED) is 0.702. The van der Waals surface area contributed by atoms with Crippen molar-refractivity contribution >= 4 is 18.5 Å². The van der Waals surface area contributed by atoms with E-state index in [1.807, 2.05) is 32.9 Å². The second-order valence-electron chi connectivity index (χ2n) is 5.05. The summed E-state index contributed by atoms with van der Waals surface area (Å²) in [5, 5.41) is 12.4. The van der Waals surface area contributed by atoms with E-state index in [0.29, 0.717) is 12.1 Å². The monoisotopic (exact) mass is 281 g/mol. The van der Waals surface area contributed by atoms with Crippen LogP contribution in [0.25, 0.3) is 0 Å². The number of rotatable bonds is 6. The van der Waals surface area contributed by atoms with Gasteiger partial charge in [0.05, 0.1) is 6.61 Å². The Balaban J connectivity index is 2.77. The highest BCUT2D eigenvalue weighted by Crippen LogP contribution is 2.24. The van der Waals surface area contributed by atoms with E-state index < -0.39 is 0 Å². The molecule has 1 amide bonds. The largest absolute Gasteiger partial charge is 0.396 e. The topological polar surface area (TPSA) is 49.3 Å². The van der Waals surface area contributed by atoms with Crippen LogP contribution >= 0.6 is 12.6 Å². The maximum atomic E-state index is 12.2. The molecule has 0 atom stereocenters. The highest BCUT2D eigenvalue weighted by Gasteiger charge is 2.26. The van der Waals surface area contributed by atoms with Crippen LogP contribution in [0.2, 0.25) is 0 Å². The number of carbonyl (C=O) groups excluding carboxylic acids is 1. The van der Waals surface area contributed by atoms with Crippen molar-refractivity contribution < 1.29 is 9.90 Å². The summed E-state index contributed by atoms with van der Waals surface area (Å²) in [5.41, 5.74) is 1.35. The number of aliphatic hydroxyl groups is 1. The van der Waals surface area contributed by atoms with Crippen LogP contribution in [0.4, 0.5) is 0 Å². The van der Waals surface area contributed by atoms with Gasteiger partial charge in [-0.1, -0.05) is 19.9 Å². The van der Waals surface area contributed by atoms with Crippen LogP contribution in [0, 0.1) is 12.3 Å². The van der Waals surface area contributed by atoms with Gasteiger partial charge >= 0.3 is 0 Å². The lowest BCUT2D eigenvalue weighted by Gasteiger charge is -2.29. The Morgan fingerprint density at radius 2 is 2.00 bits per heavy atom. The molecular formula is C15H23NO2S. The molecule has 0 heterocycles. The van der Waals surface area contributed by atoms with Crippen molar-refractivity contribution in [2.45, 2.75) is 38.5 Å². The summed E-state index contributed by atoms with van der Waals surface area (Å²) >= 11 is 4.26. The van der Waals surface area contributed by atoms with E-state index in [1.54, 1.807) is 6.07 Å². The first kappa shape index (κ1) is 16.1. The number of aryl methyl sites for hydroxylation is 1. The summed E-state index contributed by atoms with van der Waals surface area (Å²) in [4.78, 5) is 13.0. The van der Waals surface area contributed by atoms with Crippen LogP contribution in [0.15, 0.2) is 23.1 Å². The Hall–Kier alpha value is -1.00. The molecule has 106 valence electrons. The summed E-state index contributed by atoms with van der Waals surface area (Å²) in [6, 6.07) is 5.52. The van der Waals surface area contributed by atoms with Gasteiger partial charge in [0.15, 0.2) is 0 Å². The highest BCUT2D eigenvalue weighted by molar-refractivity contribution is 7.80. The van der Waals surface area contributed by atoms with Crippen molar-refractivity contribution in [3.05, 3.63) is 29.3 Å². The summed E-state index contributed by atoms with van der Waals surface area (Å²) in [5.74, 6) is -0.104. The molecule has 1 rings (SSSR count). The van der Waals surface area contributed by atoms with Gasteiger partial charge in [-0.3, -0.25) is 4.79 Å². The van der Waals surface area contributed by atoms with Crippen molar-refractivity contribution in [1.29, 1.82) is 0 Å². The smallest absolute Gasteiger partial charge is 0.251 e. The number of amides is 1. The van der Waals surface area contributed by atoms with E-state index in [9.17, 15) is 9.90 Å². The maximum absolute atomic E-state index is 12.2. The van der Waals surface area contributed by atoms with Gasteiger partial charge in [0.2, 0.25) is 0 Å². The van der Waals surface area contributed by atoms with Gasteiger partial charge in [0.25, 0.3) is 5.91 Å². The Morgan fingerprint density at radius 1 is 1.37 bits per heavy atom. The second-order valence-corrected chi connectivity index (χ2v) is 5.56. The van der Waals surface area contributed by atoms with Crippen molar-refractivity contribution in [2.75, 3.05) is 13.2 Å². The molecule has 19 heavy (non-hydrogen) atoms. The molecule has 1 aromatic carbocycles. The molecule has 0 aromatic heterocycles. The third-order valence-corrected chi connectivity index (χ3v) is 4.20. The number of nitrogens with one attached hydrogen (secondary N) is 1. The molecule has 0 aliphatic carbocycles. The lowest BCUT2D eigenvalue weighted by molar-refractivity contribution is 0.0850. The predicted molar refractivity (Wildman–Crippen MR) is 80.9 cm³/mol. The molecule has 1 aromatic rings. The molecule has 3 nitrogen and oxygen atoms in total. The lowest BCUT2D eigenvalue weighted by atomic mass is 9.83. The predicted octanol–water partition coefficient (Wildman–Crippen LogP) is 2.81. The average molecular weight is 281 g/mol. The molecule has 0 aliphatic heterocycles. The van der Waals surface area contributed by atoms with Gasteiger partial charge in [-0.15, -0.1) is 12.6 Å². The summed E-state index contributed by atoms with van der Waals surface area (Å²) < 4.78 is 0. The fourth-order valence-electron chi connectivity index (χ4n) is 2.00. The van der Waals surface area contributed by atoms with Gasteiger partial charge in [-0.25, -0.2) is 0 Å². The van der Waals surface area contributed by atoms with Crippen molar-refractivity contribution in [1.82, 2.24) is 5.32 Å². The third-order valence-electron chi connectivity index (χ3n) is 3.93. The van der Waals surface area contributed by atoms with Crippen LogP contribution in [0.1, 0.15) is 42.6 Å². The fraction of sp³-hybridized carbons (Fsp3) is 0.533. The minimum Gasteiger partial charge on any atom is -0.396 e. The van der Waals surface area contributed by atoms with Gasteiger partial charge in [-0.05, 0) is 37.5 Å². The number of hydrogen-bond donors (Lipinski definition) is 3. The summed E-state index contributed by atoms with van der Waals surface area (Å²) in [6.07, 6.45) is 1.68. The van der Waals surface area contributed by atoms with E-state index in [1.165, 1.54) is 0 Å².